The maximum atomic E-state index is 12.2. The van der Waals surface area contributed by atoms with Crippen LogP contribution in [0.1, 0.15) is 56.1 Å². The van der Waals surface area contributed by atoms with E-state index in [0.717, 1.165) is 53.9 Å². The Kier molecular flexibility index (Phi) is 3.77. The predicted octanol–water partition coefficient (Wildman–Crippen LogP) is 4.01. The van der Waals surface area contributed by atoms with Crippen molar-refractivity contribution in [1.29, 1.82) is 0 Å². The Morgan fingerprint density at radius 2 is 1.73 bits per heavy atom. The molecule has 0 aromatic carbocycles. The Morgan fingerprint density at radius 3 is 2.32 bits per heavy atom. The molecule has 1 aromatic rings. The zero-order chi connectivity index (χ0) is 15.9. The number of ether oxygens (including phenoxy) is 1. The van der Waals surface area contributed by atoms with Gasteiger partial charge in [0.15, 0.2) is 0 Å². The Morgan fingerprint density at radius 1 is 1.05 bits per heavy atom. The van der Waals surface area contributed by atoms with Crippen LogP contribution in [-0.2, 0) is 14.3 Å². The molecule has 3 rings (SSSR count). The third-order valence-corrected chi connectivity index (χ3v) is 4.47. The Labute approximate surface area is 129 Å². The summed E-state index contributed by atoms with van der Waals surface area (Å²) in [6.07, 6.45) is 5.06. The van der Waals surface area contributed by atoms with Gasteiger partial charge in [-0.3, -0.25) is 0 Å². The van der Waals surface area contributed by atoms with Gasteiger partial charge in [-0.15, -0.1) is 0 Å². The second-order valence-electron chi connectivity index (χ2n) is 6.04. The maximum Gasteiger partial charge on any atom is 0.347 e. The fourth-order valence-corrected chi connectivity index (χ4v) is 3.42. The number of aryl methyl sites for hydroxylation is 2. The van der Waals surface area contributed by atoms with E-state index in [4.69, 9.17) is 9.15 Å². The van der Waals surface area contributed by atoms with Crippen LogP contribution in [0.2, 0.25) is 0 Å². The molecule has 2 fully saturated rings. The van der Waals surface area contributed by atoms with Crippen molar-refractivity contribution in [2.45, 2.75) is 52.9 Å². The summed E-state index contributed by atoms with van der Waals surface area (Å²) in [4.78, 5) is 24.4. The van der Waals surface area contributed by atoms with Crippen LogP contribution < -0.4 is 0 Å². The first kappa shape index (κ1) is 14.8. The minimum atomic E-state index is -0.533. The number of rotatable bonds is 1. The van der Waals surface area contributed by atoms with Gasteiger partial charge in [-0.1, -0.05) is 12.0 Å². The number of hydrogen-bond donors (Lipinski definition) is 0. The highest BCUT2D eigenvalue weighted by Crippen LogP contribution is 2.38. The summed E-state index contributed by atoms with van der Waals surface area (Å²) in [7, 11) is 0. The van der Waals surface area contributed by atoms with E-state index >= 15 is 0 Å². The van der Waals surface area contributed by atoms with E-state index in [1.165, 1.54) is 6.42 Å². The van der Waals surface area contributed by atoms with Crippen molar-refractivity contribution >= 4 is 17.5 Å². The molecule has 0 amide bonds. The maximum absolute atomic E-state index is 12.2. The molecule has 4 heteroatoms. The highest BCUT2D eigenvalue weighted by atomic mass is 16.6. The van der Waals surface area contributed by atoms with Gasteiger partial charge in [0.2, 0.25) is 0 Å². The van der Waals surface area contributed by atoms with Gasteiger partial charge in [0.05, 0.1) is 11.1 Å². The lowest BCUT2D eigenvalue weighted by Gasteiger charge is -2.15. The zero-order valence-corrected chi connectivity index (χ0v) is 13.2. The predicted molar refractivity (Wildman–Crippen MR) is 82.0 cm³/mol. The van der Waals surface area contributed by atoms with Crippen molar-refractivity contribution in [2.24, 2.45) is 0 Å². The summed E-state index contributed by atoms with van der Waals surface area (Å²) >= 11 is 0. The summed E-state index contributed by atoms with van der Waals surface area (Å²) in [6.45, 7) is 5.59. The Bertz CT molecular complexity index is 707. The molecular weight excluding hydrogens is 280 g/mol. The molecule has 2 heterocycles. The summed E-state index contributed by atoms with van der Waals surface area (Å²) in [5.74, 6) is 0.516. The van der Waals surface area contributed by atoms with Crippen molar-refractivity contribution in [3.05, 3.63) is 39.9 Å². The van der Waals surface area contributed by atoms with E-state index in [1.54, 1.807) is 0 Å². The molecule has 1 saturated carbocycles. The van der Waals surface area contributed by atoms with E-state index in [1.807, 2.05) is 26.8 Å². The average molecular weight is 300 g/mol. The van der Waals surface area contributed by atoms with Crippen LogP contribution in [0.5, 0.6) is 0 Å². The van der Waals surface area contributed by atoms with Gasteiger partial charge in [-0.05, 0) is 58.1 Å². The minimum Gasteiger partial charge on any atom is -0.466 e. The quantitative estimate of drug-likeness (QED) is 0.446. The summed E-state index contributed by atoms with van der Waals surface area (Å²) in [6, 6.07) is 1.90. The van der Waals surface area contributed by atoms with Crippen LogP contribution in [-0.4, -0.2) is 11.9 Å². The van der Waals surface area contributed by atoms with Crippen molar-refractivity contribution in [3.8, 4) is 0 Å². The molecule has 1 aromatic heterocycles. The summed E-state index contributed by atoms with van der Waals surface area (Å²) < 4.78 is 10.5. The molecule has 22 heavy (non-hydrogen) atoms. The first-order valence-corrected chi connectivity index (χ1v) is 7.76. The first-order chi connectivity index (χ1) is 10.5. The lowest BCUT2D eigenvalue weighted by atomic mass is 9.86. The standard InChI is InChI=1S/C18H20O4/c1-10-9-14(12(3)21-10)11(2)15-16(18(20)22-17(15)19)13-7-5-4-6-8-13/h9H,4-8H2,1-3H3/b15-11+. The molecule has 2 aliphatic rings. The van der Waals surface area contributed by atoms with E-state index in [-0.39, 0.29) is 0 Å². The molecule has 1 saturated heterocycles. The van der Waals surface area contributed by atoms with Gasteiger partial charge < -0.3 is 9.15 Å². The van der Waals surface area contributed by atoms with E-state index in [9.17, 15) is 9.59 Å². The zero-order valence-electron chi connectivity index (χ0n) is 13.2. The largest absolute Gasteiger partial charge is 0.466 e. The third kappa shape index (κ3) is 2.43. The molecule has 0 bridgehead atoms. The molecule has 0 spiro atoms. The second-order valence-corrected chi connectivity index (χ2v) is 6.04. The van der Waals surface area contributed by atoms with Crippen LogP contribution in [0.4, 0.5) is 0 Å². The fraction of sp³-hybridized carbons (Fsp3) is 0.444. The van der Waals surface area contributed by atoms with Crippen LogP contribution in [0.15, 0.2) is 27.2 Å². The molecule has 0 radical (unpaired) electrons. The van der Waals surface area contributed by atoms with Gasteiger partial charge in [0.1, 0.15) is 11.5 Å². The number of carbonyl (C=O) groups excluding carboxylic acids is 2. The van der Waals surface area contributed by atoms with E-state index in [2.05, 4.69) is 0 Å². The second kappa shape index (κ2) is 5.59. The summed E-state index contributed by atoms with van der Waals surface area (Å²) in [5.41, 5.74) is 3.62. The van der Waals surface area contributed by atoms with Crippen molar-refractivity contribution in [2.75, 3.05) is 0 Å². The molecule has 116 valence electrons. The molecule has 0 unspecified atom stereocenters. The van der Waals surface area contributed by atoms with Gasteiger partial charge >= 0.3 is 11.9 Å². The molecule has 4 nitrogen and oxygen atoms in total. The average Bonchev–Trinajstić information content (AvgIpc) is 2.97. The van der Waals surface area contributed by atoms with Crippen LogP contribution >= 0.6 is 0 Å². The number of furan rings is 1. The Balaban J connectivity index is 2.17. The topological polar surface area (TPSA) is 56.5 Å². The number of carbonyl (C=O) groups is 2. The minimum absolute atomic E-state index is 0.422. The lowest BCUT2D eigenvalue weighted by Crippen LogP contribution is -2.05. The van der Waals surface area contributed by atoms with E-state index < -0.39 is 11.9 Å². The van der Waals surface area contributed by atoms with Gasteiger partial charge in [0.25, 0.3) is 0 Å². The Hall–Kier alpha value is -2.10. The third-order valence-electron chi connectivity index (χ3n) is 4.47. The molecule has 1 aliphatic carbocycles. The van der Waals surface area contributed by atoms with Gasteiger partial charge in [-0.2, -0.15) is 0 Å². The van der Waals surface area contributed by atoms with Crippen molar-refractivity contribution < 1.29 is 18.7 Å². The normalized spacial score (nSPS) is 21.4. The number of cyclic esters (lactones) is 2. The smallest absolute Gasteiger partial charge is 0.347 e. The SMILES string of the molecule is C/C(=C1\C(=O)OC(=O)C1=C1CCCCC1)c1cc(C)oc1C. The molecule has 0 N–H and O–H groups in total. The lowest BCUT2D eigenvalue weighted by molar-refractivity contribution is -0.149. The monoisotopic (exact) mass is 300 g/mol. The first-order valence-electron chi connectivity index (χ1n) is 7.76. The highest BCUT2D eigenvalue weighted by Gasteiger charge is 2.38. The van der Waals surface area contributed by atoms with Gasteiger partial charge in [0, 0.05) is 5.56 Å². The van der Waals surface area contributed by atoms with Gasteiger partial charge in [-0.25, -0.2) is 9.59 Å². The molecule has 1 aliphatic heterocycles. The molecular formula is C18H20O4. The van der Waals surface area contributed by atoms with Crippen LogP contribution in [0, 0.1) is 13.8 Å². The van der Waals surface area contributed by atoms with Crippen molar-refractivity contribution in [3.63, 3.8) is 0 Å². The highest BCUT2D eigenvalue weighted by molar-refractivity contribution is 6.22. The number of allylic oxidation sites excluding steroid dienone is 2. The fourth-order valence-electron chi connectivity index (χ4n) is 3.42. The number of esters is 2. The van der Waals surface area contributed by atoms with E-state index in [0.29, 0.717) is 11.1 Å². The number of hydrogen-bond acceptors (Lipinski definition) is 4. The summed E-state index contributed by atoms with van der Waals surface area (Å²) in [5, 5.41) is 0. The molecule has 0 atom stereocenters. The van der Waals surface area contributed by atoms with Crippen molar-refractivity contribution in [1.82, 2.24) is 0 Å². The van der Waals surface area contributed by atoms with Crippen LogP contribution in [0.3, 0.4) is 0 Å². The van der Waals surface area contributed by atoms with Crippen LogP contribution in [0.25, 0.3) is 5.57 Å².